The number of aromatic nitrogens is 1. The number of aliphatic carboxylic acids is 1. The summed E-state index contributed by atoms with van der Waals surface area (Å²) in [5.74, 6) is -1.40. The SMILES string of the molecule is COCCn1c(C)c(C)c2cc(C(=O)N(CC(=O)O)c3ccccc3)ccc21. The number of para-hydroxylation sites is 1. The van der Waals surface area contributed by atoms with Crippen molar-refractivity contribution in [1.29, 1.82) is 0 Å². The number of fused-ring (bicyclic) bond motifs is 1. The van der Waals surface area contributed by atoms with Crippen molar-refractivity contribution in [3.05, 3.63) is 65.4 Å². The van der Waals surface area contributed by atoms with Gasteiger partial charge < -0.3 is 14.4 Å². The van der Waals surface area contributed by atoms with E-state index in [1.807, 2.05) is 32.0 Å². The molecule has 1 amide bonds. The number of aryl methyl sites for hydroxylation is 1. The number of anilines is 1. The summed E-state index contributed by atoms with van der Waals surface area (Å²) in [6.45, 7) is 5.02. The van der Waals surface area contributed by atoms with E-state index < -0.39 is 12.5 Å². The smallest absolute Gasteiger partial charge is 0.323 e. The standard InChI is InChI=1S/C22H24N2O4/c1-15-16(2)23(11-12-28-3)20-10-9-17(13-19(15)20)22(27)24(14-21(25)26)18-7-5-4-6-8-18/h4-10,13H,11-12,14H2,1-3H3,(H,25,26). The van der Waals surface area contributed by atoms with Crippen molar-refractivity contribution in [2.45, 2.75) is 20.4 Å². The topological polar surface area (TPSA) is 71.8 Å². The van der Waals surface area contributed by atoms with E-state index in [0.717, 1.165) is 28.7 Å². The lowest BCUT2D eigenvalue weighted by atomic mass is 10.1. The number of amides is 1. The first-order valence-corrected chi connectivity index (χ1v) is 9.11. The monoisotopic (exact) mass is 380 g/mol. The molecule has 146 valence electrons. The van der Waals surface area contributed by atoms with E-state index in [9.17, 15) is 14.7 Å². The molecular formula is C22H24N2O4. The average Bonchev–Trinajstić information content (AvgIpc) is 2.94. The van der Waals surface area contributed by atoms with Crippen LogP contribution in [0.1, 0.15) is 21.6 Å². The molecule has 0 aliphatic carbocycles. The van der Waals surface area contributed by atoms with Crippen LogP contribution in [0.5, 0.6) is 0 Å². The highest BCUT2D eigenvalue weighted by atomic mass is 16.5. The van der Waals surface area contributed by atoms with Crippen LogP contribution in [-0.4, -0.2) is 41.8 Å². The first-order valence-electron chi connectivity index (χ1n) is 9.11. The van der Waals surface area contributed by atoms with E-state index in [1.165, 1.54) is 4.90 Å². The second kappa shape index (κ2) is 8.27. The lowest BCUT2D eigenvalue weighted by Gasteiger charge is -2.21. The highest BCUT2D eigenvalue weighted by Gasteiger charge is 2.22. The van der Waals surface area contributed by atoms with Crippen LogP contribution in [-0.2, 0) is 16.1 Å². The number of nitrogens with zero attached hydrogens (tertiary/aromatic N) is 2. The van der Waals surface area contributed by atoms with Gasteiger partial charge in [-0.15, -0.1) is 0 Å². The van der Waals surface area contributed by atoms with E-state index in [4.69, 9.17) is 4.74 Å². The van der Waals surface area contributed by atoms with Gasteiger partial charge in [-0.3, -0.25) is 14.5 Å². The molecule has 6 nitrogen and oxygen atoms in total. The van der Waals surface area contributed by atoms with Gasteiger partial charge in [0.25, 0.3) is 5.91 Å². The van der Waals surface area contributed by atoms with Gasteiger partial charge in [-0.05, 0) is 49.7 Å². The highest BCUT2D eigenvalue weighted by Crippen LogP contribution is 2.27. The van der Waals surface area contributed by atoms with E-state index in [-0.39, 0.29) is 5.91 Å². The summed E-state index contributed by atoms with van der Waals surface area (Å²) in [6.07, 6.45) is 0. The maximum Gasteiger partial charge on any atom is 0.323 e. The van der Waals surface area contributed by atoms with E-state index in [0.29, 0.717) is 17.9 Å². The molecule has 0 aliphatic rings. The molecule has 0 atom stereocenters. The largest absolute Gasteiger partial charge is 0.480 e. The Kier molecular flexibility index (Phi) is 5.80. The zero-order valence-corrected chi connectivity index (χ0v) is 16.3. The van der Waals surface area contributed by atoms with Crippen LogP contribution in [0.3, 0.4) is 0 Å². The number of carbonyl (C=O) groups is 2. The van der Waals surface area contributed by atoms with E-state index in [2.05, 4.69) is 4.57 Å². The Morgan fingerprint density at radius 3 is 2.46 bits per heavy atom. The van der Waals surface area contributed by atoms with Gasteiger partial charge in [0.05, 0.1) is 6.61 Å². The van der Waals surface area contributed by atoms with Crippen LogP contribution in [0, 0.1) is 13.8 Å². The molecule has 3 aromatic rings. The maximum atomic E-state index is 13.1. The summed E-state index contributed by atoms with van der Waals surface area (Å²) in [4.78, 5) is 25.7. The van der Waals surface area contributed by atoms with Crippen molar-refractivity contribution < 1.29 is 19.4 Å². The number of ether oxygens (including phenoxy) is 1. The number of carbonyl (C=O) groups excluding carboxylic acids is 1. The van der Waals surface area contributed by atoms with Crippen LogP contribution < -0.4 is 4.90 Å². The number of hydrogen-bond donors (Lipinski definition) is 1. The Morgan fingerprint density at radius 1 is 1.11 bits per heavy atom. The second-order valence-electron chi connectivity index (χ2n) is 6.71. The molecule has 2 aromatic carbocycles. The van der Waals surface area contributed by atoms with Crippen molar-refractivity contribution in [3.8, 4) is 0 Å². The van der Waals surface area contributed by atoms with Crippen molar-refractivity contribution in [2.24, 2.45) is 0 Å². The molecule has 1 heterocycles. The van der Waals surface area contributed by atoms with Crippen LogP contribution in [0.15, 0.2) is 48.5 Å². The highest BCUT2D eigenvalue weighted by molar-refractivity contribution is 6.10. The molecule has 3 rings (SSSR count). The fraction of sp³-hybridized carbons (Fsp3) is 0.273. The fourth-order valence-electron chi connectivity index (χ4n) is 3.43. The molecule has 0 bridgehead atoms. The quantitative estimate of drug-likeness (QED) is 0.679. The Morgan fingerprint density at radius 2 is 1.82 bits per heavy atom. The normalized spacial score (nSPS) is 11.0. The molecule has 28 heavy (non-hydrogen) atoms. The minimum absolute atomic E-state index is 0.336. The zero-order valence-electron chi connectivity index (χ0n) is 16.3. The molecule has 0 unspecified atom stereocenters. The summed E-state index contributed by atoms with van der Waals surface area (Å²) in [5.41, 5.74) is 4.28. The molecule has 0 saturated carbocycles. The third kappa shape index (κ3) is 3.77. The number of benzene rings is 2. The minimum Gasteiger partial charge on any atom is -0.480 e. The number of methoxy groups -OCH3 is 1. The third-order valence-electron chi connectivity index (χ3n) is 5.01. The summed E-state index contributed by atoms with van der Waals surface area (Å²) in [5, 5.41) is 10.3. The van der Waals surface area contributed by atoms with Crippen LogP contribution in [0.25, 0.3) is 10.9 Å². The molecule has 0 aliphatic heterocycles. The van der Waals surface area contributed by atoms with Gasteiger partial charge in [-0.2, -0.15) is 0 Å². The summed E-state index contributed by atoms with van der Waals surface area (Å²) < 4.78 is 7.38. The number of carboxylic acids is 1. The van der Waals surface area contributed by atoms with Gasteiger partial charge in [-0.1, -0.05) is 18.2 Å². The first kappa shape index (κ1) is 19.6. The maximum absolute atomic E-state index is 13.1. The average molecular weight is 380 g/mol. The molecule has 0 saturated heterocycles. The predicted molar refractivity (Wildman–Crippen MR) is 109 cm³/mol. The van der Waals surface area contributed by atoms with Crippen LogP contribution >= 0.6 is 0 Å². The predicted octanol–water partition coefficient (Wildman–Crippen LogP) is 3.64. The van der Waals surface area contributed by atoms with Crippen LogP contribution in [0.4, 0.5) is 5.69 Å². The Balaban J connectivity index is 2.03. The van der Waals surface area contributed by atoms with Gasteiger partial charge in [0.15, 0.2) is 0 Å². The molecule has 0 fully saturated rings. The molecule has 0 radical (unpaired) electrons. The van der Waals surface area contributed by atoms with E-state index in [1.54, 1.807) is 37.4 Å². The van der Waals surface area contributed by atoms with Gasteiger partial charge in [0, 0.05) is 41.5 Å². The van der Waals surface area contributed by atoms with Crippen LogP contribution in [0.2, 0.25) is 0 Å². The second-order valence-corrected chi connectivity index (χ2v) is 6.71. The molecular weight excluding hydrogens is 356 g/mol. The Bertz CT molecular complexity index is 1010. The molecule has 1 aromatic heterocycles. The lowest BCUT2D eigenvalue weighted by molar-refractivity contribution is -0.135. The molecule has 1 N–H and O–H groups in total. The lowest BCUT2D eigenvalue weighted by Crippen LogP contribution is -2.35. The minimum atomic E-state index is -1.06. The zero-order chi connectivity index (χ0) is 20.3. The van der Waals surface area contributed by atoms with Crippen molar-refractivity contribution in [1.82, 2.24) is 4.57 Å². The summed E-state index contributed by atoms with van der Waals surface area (Å²) in [7, 11) is 1.67. The van der Waals surface area contributed by atoms with Gasteiger partial charge in [0.1, 0.15) is 6.54 Å². The Hall–Kier alpha value is -3.12. The van der Waals surface area contributed by atoms with Crippen molar-refractivity contribution in [2.75, 3.05) is 25.2 Å². The summed E-state index contributed by atoms with van der Waals surface area (Å²) >= 11 is 0. The number of hydrogen-bond acceptors (Lipinski definition) is 3. The number of carboxylic acid groups (broad SMARTS) is 1. The van der Waals surface area contributed by atoms with Gasteiger partial charge in [0.2, 0.25) is 0 Å². The van der Waals surface area contributed by atoms with E-state index >= 15 is 0 Å². The van der Waals surface area contributed by atoms with Crippen molar-refractivity contribution >= 4 is 28.5 Å². The van der Waals surface area contributed by atoms with Gasteiger partial charge in [-0.25, -0.2) is 0 Å². The first-order chi connectivity index (χ1) is 13.4. The molecule has 6 heteroatoms. The third-order valence-corrected chi connectivity index (χ3v) is 5.01. The van der Waals surface area contributed by atoms with Gasteiger partial charge >= 0.3 is 5.97 Å². The Labute approximate surface area is 163 Å². The fourth-order valence-corrected chi connectivity index (χ4v) is 3.43. The molecule has 0 spiro atoms. The number of rotatable bonds is 7. The summed E-state index contributed by atoms with van der Waals surface area (Å²) in [6, 6.07) is 14.4. The van der Waals surface area contributed by atoms with Crippen molar-refractivity contribution in [3.63, 3.8) is 0 Å².